The van der Waals surface area contributed by atoms with E-state index in [1.165, 1.54) is 38.6 Å². The number of aromatic nitrogens is 4. The summed E-state index contributed by atoms with van der Waals surface area (Å²) in [6.45, 7) is 4.64. The van der Waals surface area contributed by atoms with Crippen LogP contribution in [0.1, 0.15) is 26.3 Å². The van der Waals surface area contributed by atoms with Crippen LogP contribution in [-0.4, -0.2) is 54.9 Å². The van der Waals surface area contributed by atoms with Crippen molar-refractivity contribution in [2.45, 2.75) is 51.9 Å². The van der Waals surface area contributed by atoms with Crippen LogP contribution in [0.15, 0.2) is 36.9 Å². The largest absolute Gasteiger partial charge is 0.573 e. The minimum Gasteiger partial charge on any atom is -0.480 e. The molecule has 2 aromatic heterocycles. The molecule has 37 heavy (non-hydrogen) atoms. The molecule has 0 amide bonds. The zero-order valence-corrected chi connectivity index (χ0v) is 21.1. The van der Waals surface area contributed by atoms with Crippen LogP contribution in [0.5, 0.6) is 5.75 Å². The maximum absolute atomic E-state index is 13.7. The molecule has 1 aromatic carbocycles. The number of fused-ring (bicyclic) bond motifs is 1. The fraction of sp³-hybridized carbons (Fsp3) is 0.429. The van der Waals surface area contributed by atoms with E-state index in [1.54, 1.807) is 11.5 Å². The van der Waals surface area contributed by atoms with E-state index < -0.39 is 37.2 Å². The smallest absolute Gasteiger partial charge is 0.480 e. The molecule has 0 saturated carbocycles. The number of rotatable bonds is 12. The predicted octanol–water partition coefficient (Wildman–Crippen LogP) is 3.11. The maximum Gasteiger partial charge on any atom is 0.573 e. The zero-order chi connectivity index (χ0) is 27.4. The number of ether oxygens (including phenoxy) is 2. The number of hydrogen-bond donors (Lipinski definition) is 4. The number of nitrogens with one attached hydrogen (secondary N) is 2. The molecule has 2 heterocycles. The molecular formula is C21H27F3N7O5P. The Morgan fingerprint density at radius 1 is 1.22 bits per heavy atom. The monoisotopic (exact) mass is 545 g/mol. The van der Waals surface area contributed by atoms with Gasteiger partial charge in [-0.3, -0.25) is 9.36 Å². The van der Waals surface area contributed by atoms with E-state index >= 15 is 0 Å². The summed E-state index contributed by atoms with van der Waals surface area (Å²) < 4.78 is 62.1. The SMILES string of the molecule is C[C@H](Cn1cnc2c(N)ncnc21)OC[P@](=O)(NCc1ccc(OC(F)(F)F)cc1)NC(C)(C)C(=O)O. The first kappa shape index (κ1) is 28.3. The molecule has 0 aliphatic rings. The van der Waals surface area contributed by atoms with Crippen LogP contribution in [0.3, 0.4) is 0 Å². The number of nitrogens with two attached hydrogens (primary N) is 1. The summed E-state index contributed by atoms with van der Waals surface area (Å²) in [5, 5.41) is 14.9. The average Bonchev–Trinajstić information content (AvgIpc) is 3.20. The molecular weight excluding hydrogens is 518 g/mol. The highest BCUT2D eigenvalue weighted by Crippen LogP contribution is 2.40. The van der Waals surface area contributed by atoms with E-state index in [0.717, 1.165) is 12.1 Å². The second kappa shape index (κ2) is 11.0. The molecule has 0 unspecified atom stereocenters. The number of nitrogens with zero attached hydrogens (tertiary/aromatic N) is 4. The minimum atomic E-state index is -4.82. The van der Waals surface area contributed by atoms with Gasteiger partial charge in [0.2, 0.25) is 7.44 Å². The van der Waals surface area contributed by atoms with Gasteiger partial charge in [0.05, 0.1) is 19.0 Å². The molecule has 3 aromatic rings. The molecule has 16 heteroatoms. The predicted molar refractivity (Wildman–Crippen MR) is 128 cm³/mol. The number of carboxylic acid groups (broad SMARTS) is 1. The summed E-state index contributed by atoms with van der Waals surface area (Å²) in [5.74, 6) is -1.41. The Bertz CT molecular complexity index is 1280. The highest BCUT2D eigenvalue weighted by Gasteiger charge is 2.36. The van der Waals surface area contributed by atoms with Gasteiger partial charge in [-0.05, 0) is 38.5 Å². The summed E-state index contributed by atoms with van der Waals surface area (Å²) in [6.07, 6.45) is -2.88. The minimum absolute atomic E-state index is 0.0492. The molecule has 0 fully saturated rings. The van der Waals surface area contributed by atoms with Crippen molar-refractivity contribution in [3.63, 3.8) is 0 Å². The third-order valence-electron chi connectivity index (χ3n) is 5.11. The maximum atomic E-state index is 13.7. The third kappa shape index (κ3) is 7.86. The summed E-state index contributed by atoms with van der Waals surface area (Å²) in [4.78, 5) is 23.9. The van der Waals surface area contributed by atoms with E-state index in [0.29, 0.717) is 16.7 Å². The van der Waals surface area contributed by atoms with E-state index in [4.69, 9.17) is 10.5 Å². The molecule has 0 spiro atoms. The zero-order valence-electron chi connectivity index (χ0n) is 20.2. The number of aliphatic carboxylic acids is 1. The van der Waals surface area contributed by atoms with E-state index in [1.807, 2.05) is 0 Å². The van der Waals surface area contributed by atoms with Crippen molar-refractivity contribution in [2.24, 2.45) is 0 Å². The molecule has 0 bridgehead atoms. The Hall–Kier alpha value is -3.26. The van der Waals surface area contributed by atoms with Crippen molar-refractivity contribution in [1.82, 2.24) is 29.7 Å². The van der Waals surface area contributed by atoms with Crippen LogP contribution >= 0.6 is 7.44 Å². The van der Waals surface area contributed by atoms with Gasteiger partial charge in [0.25, 0.3) is 0 Å². The first-order chi connectivity index (χ1) is 17.2. The van der Waals surface area contributed by atoms with Gasteiger partial charge >= 0.3 is 12.3 Å². The highest BCUT2D eigenvalue weighted by molar-refractivity contribution is 7.59. The number of nitrogen functional groups attached to an aromatic ring is 1. The number of hydrogen-bond acceptors (Lipinski definition) is 8. The molecule has 202 valence electrons. The standard InChI is InChI=1S/C21H27F3N7O5P/c1-13(9-31-11-28-16-17(25)26-10-27-18(16)31)35-12-37(34,30-20(2,3)19(32)33)29-8-14-4-6-15(7-5-14)36-21(22,23)24/h4-7,10-11,13H,8-9,12H2,1-3H3,(H,32,33)(H2,25,26,27)(H2,29,30,34)/t13-,37+/m1/s1. The van der Waals surface area contributed by atoms with Gasteiger partial charge in [-0.25, -0.2) is 25.1 Å². The van der Waals surface area contributed by atoms with Crippen molar-refractivity contribution < 1.29 is 37.1 Å². The van der Waals surface area contributed by atoms with Crippen LogP contribution in [-0.2, 0) is 27.2 Å². The van der Waals surface area contributed by atoms with Crippen molar-refractivity contribution in [2.75, 3.05) is 12.1 Å². The van der Waals surface area contributed by atoms with Gasteiger partial charge in [-0.15, -0.1) is 13.2 Å². The first-order valence-corrected chi connectivity index (χ1v) is 12.8. The van der Waals surface area contributed by atoms with Crippen molar-refractivity contribution in [1.29, 1.82) is 0 Å². The van der Waals surface area contributed by atoms with Gasteiger partial charge < -0.3 is 24.9 Å². The van der Waals surface area contributed by atoms with Crippen LogP contribution in [0, 0.1) is 0 Å². The molecule has 0 radical (unpaired) electrons. The number of anilines is 1. The summed E-state index contributed by atoms with van der Waals surface area (Å²) in [5.41, 5.74) is 5.63. The lowest BCUT2D eigenvalue weighted by atomic mass is 10.1. The Morgan fingerprint density at radius 2 is 1.89 bits per heavy atom. The first-order valence-electron chi connectivity index (χ1n) is 10.9. The van der Waals surface area contributed by atoms with Gasteiger partial charge in [0.15, 0.2) is 11.5 Å². The summed E-state index contributed by atoms with van der Waals surface area (Å²) in [7, 11) is -3.69. The topological polar surface area (TPSA) is 167 Å². The second-order valence-electron chi connectivity index (χ2n) is 8.74. The molecule has 0 saturated heterocycles. The number of carboxylic acids is 1. The fourth-order valence-electron chi connectivity index (χ4n) is 3.24. The van der Waals surface area contributed by atoms with Gasteiger partial charge in [0.1, 0.15) is 29.5 Å². The Labute approximate surface area is 209 Å². The molecule has 12 nitrogen and oxygen atoms in total. The van der Waals surface area contributed by atoms with Gasteiger partial charge in [-0.2, -0.15) is 0 Å². The Morgan fingerprint density at radius 3 is 2.51 bits per heavy atom. The van der Waals surface area contributed by atoms with Crippen molar-refractivity contribution in [3.8, 4) is 5.75 Å². The third-order valence-corrected chi connectivity index (χ3v) is 7.22. The lowest BCUT2D eigenvalue weighted by Crippen LogP contribution is -2.47. The van der Waals surface area contributed by atoms with Crippen molar-refractivity contribution >= 4 is 30.4 Å². The van der Waals surface area contributed by atoms with Gasteiger partial charge in [0, 0.05) is 6.54 Å². The quantitative estimate of drug-likeness (QED) is 0.247. The Balaban J connectivity index is 1.68. The normalized spacial score (nSPS) is 14.9. The van der Waals surface area contributed by atoms with Crippen LogP contribution in [0.4, 0.5) is 19.0 Å². The number of alkyl halides is 3. The van der Waals surface area contributed by atoms with Gasteiger partial charge in [-0.1, -0.05) is 12.1 Å². The van der Waals surface area contributed by atoms with Crippen LogP contribution < -0.4 is 20.6 Å². The lowest BCUT2D eigenvalue weighted by molar-refractivity contribution is -0.274. The fourth-order valence-corrected chi connectivity index (χ4v) is 5.37. The van der Waals surface area contributed by atoms with Crippen LogP contribution in [0.25, 0.3) is 11.2 Å². The molecule has 2 atom stereocenters. The second-order valence-corrected chi connectivity index (χ2v) is 11.0. The number of imidazole rings is 1. The molecule has 0 aliphatic carbocycles. The number of halogens is 3. The van der Waals surface area contributed by atoms with E-state index in [-0.39, 0.29) is 25.3 Å². The Kier molecular flexibility index (Phi) is 8.42. The number of carbonyl (C=O) groups is 1. The van der Waals surface area contributed by atoms with E-state index in [2.05, 4.69) is 29.9 Å². The molecule has 0 aliphatic heterocycles. The average molecular weight is 545 g/mol. The lowest BCUT2D eigenvalue weighted by Gasteiger charge is -2.30. The van der Waals surface area contributed by atoms with Crippen LogP contribution in [0.2, 0.25) is 0 Å². The summed E-state index contributed by atoms with van der Waals surface area (Å²) in [6, 6.07) is 4.96. The summed E-state index contributed by atoms with van der Waals surface area (Å²) >= 11 is 0. The highest BCUT2D eigenvalue weighted by atomic mass is 31.2. The molecule has 3 rings (SSSR count). The molecule has 5 N–H and O–H groups in total. The van der Waals surface area contributed by atoms with E-state index in [9.17, 15) is 27.6 Å². The number of benzene rings is 1. The van der Waals surface area contributed by atoms with Crippen molar-refractivity contribution in [3.05, 3.63) is 42.5 Å².